The van der Waals surface area contributed by atoms with E-state index in [-0.39, 0.29) is 11.9 Å². The van der Waals surface area contributed by atoms with Crippen molar-refractivity contribution in [3.05, 3.63) is 67.9 Å². The smallest absolute Gasteiger partial charge is 0.123 e. The lowest BCUT2D eigenvalue weighted by atomic mass is 9.96. The van der Waals surface area contributed by atoms with E-state index in [9.17, 15) is 4.39 Å². The second-order valence-corrected chi connectivity index (χ2v) is 5.91. The molecule has 2 aromatic rings. The first-order valence-corrected chi connectivity index (χ1v) is 7.04. The Kier molecular flexibility index (Phi) is 4.20. The zero-order valence-corrected chi connectivity index (χ0v) is 12.9. The molecule has 0 aromatic heterocycles. The molecule has 18 heavy (non-hydrogen) atoms. The summed E-state index contributed by atoms with van der Waals surface area (Å²) in [5.74, 6) is -0.267. The molecule has 0 saturated heterocycles. The minimum absolute atomic E-state index is 0.267. The van der Waals surface area contributed by atoms with Crippen molar-refractivity contribution < 1.29 is 4.39 Å². The summed E-state index contributed by atoms with van der Waals surface area (Å²) in [4.78, 5) is 0. The van der Waals surface area contributed by atoms with Crippen LogP contribution in [0.15, 0.2) is 45.3 Å². The Morgan fingerprint density at radius 1 is 1.06 bits per heavy atom. The highest BCUT2D eigenvalue weighted by molar-refractivity contribution is 9.11. The summed E-state index contributed by atoms with van der Waals surface area (Å²) in [6, 6.07) is 10.1. The van der Waals surface area contributed by atoms with Gasteiger partial charge in [0.2, 0.25) is 0 Å². The van der Waals surface area contributed by atoms with Gasteiger partial charge in [-0.3, -0.25) is 0 Å². The number of benzene rings is 2. The standard InChI is InChI=1S/C14H12Br2FN/c1-8-2-4-10(17)7-11(8)14(18)12-6-9(15)3-5-13(12)16/h2-7,14H,18H2,1H3. The van der Waals surface area contributed by atoms with Crippen molar-refractivity contribution in [1.29, 1.82) is 0 Å². The molecule has 4 heteroatoms. The predicted octanol–water partition coefficient (Wildman–Crippen LogP) is 4.71. The van der Waals surface area contributed by atoms with Crippen LogP contribution in [0, 0.1) is 12.7 Å². The topological polar surface area (TPSA) is 26.0 Å². The zero-order chi connectivity index (χ0) is 13.3. The molecule has 0 aliphatic rings. The molecule has 94 valence electrons. The molecule has 0 fully saturated rings. The Bertz CT molecular complexity index is 533. The van der Waals surface area contributed by atoms with Crippen LogP contribution in [0.4, 0.5) is 4.39 Å². The third kappa shape index (κ3) is 2.82. The van der Waals surface area contributed by atoms with Crippen LogP contribution in [0.25, 0.3) is 0 Å². The first-order valence-electron chi connectivity index (χ1n) is 5.45. The van der Waals surface area contributed by atoms with Crippen molar-refractivity contribution in [2.45, 2.75) is 13.0 Å². The fraction of sp³-hybridized carbons (Fsp3) is 0.143. The van der Waals surface area contributed by atoms with E-state index in [0.717, 1.165) is 25.6 Å². The molecule has 1 atom stereocenters. The third-order valence-corrected chi connectivity index (χ3v) is 4.08. The number of aryl methyl sites for hydroxylation is 1. The van der Waals surface area contributed by atoms with Crippen molar-refractivity contribution in [2.75, 3.05) is 0 Å². The molecule has 0 radical (unpaired) electrons. The molecule has 0 amide bonds. The second kappa shape index (κ2) is 5.51. The van der Waals surface area contributed by atoms with Gasteiger partial charge in [-0.1, -0.05) is 37.9 Å². The van der Waals surface area contributed by atoms with Crippen LogP contribution in [0.2, 0.25) is 0 Å². The zero-order valence-electron chi connectivity index (χ0n) is 9.75. The van der Waals surface area contributed by atoms with Gasteiger partial charge < -0.3 is 5.73 Å². The highest BCUT2D eigenvalue weighted by Gasteiger charge is 2.15. The van der Waals surface area contributed by atoms with Gasteiger partial charge in [-0.15, -0.1) is 0 Å². The van der Waals surface area contributed by atoms with Crippen LogP contribution in [0.1, 0.15) is 22.7 Å². The molecule has 2 rings (SSSR count). The van der Waals surface area contributed by atoms with Crippen molar-refractivity contribution in [3.63, 3.8) is 0 Å². The minimum Gasteiger partial charge on any atom is -0.320 e. The summed E-state index contributed by atoms with van der Waals surface area (Å²) in [5, 5.41) is 0. The highest BCUT2D eigenvalue weighted by Crippen LogP contribution is 2.31. The minimum atomic E-state index is -0.354. The average molecular weight is 373 g/mol. The van der Waals surface area contributed by atoms with E-state index < -0.39 is 0 Å². The summed E-state index contributed by atoms with van der Waals surface area (Å²) in [6.45, 7) is 1.93. The molecule has 0 aliphatic heterocycles. The van der Waals surface area contributed by atoms with Gasteiger partial charge in [0.25, 0.3) is 0 Å². The lowest BCUT2D eigenvalue weighted by Crippen LogP contribution is -2.14. The van der Waals surface area contributed by atoms with Crippen LogP contribution in [-0.4, -0.2) is 0 Å². The Balaban J connectivity index is 2.50. The molecule has 0 heterocycles. The highest BCUT2D eigenvalue weighted by atomic mass is 79.9. The second-order valence-electron chi connectivity index (χ2n) is 4.14. The Morgan fingerprint density at radius 3 is 2.50 bits per heavy atom. The van der Waals surface area contributed by atoms with E-state index in [1.807, 2.05) is 25.1 Å². The van der Waals surface area contributed by atoms with E-state index in [1.165, 1.54) is 12.1 Å². The van der Waals surface area contributed by atoms with Crippen molar-refractivity contribution in [2.24, 2.45) is 5.73 Å². The fourth-order valence-corrected chi connectivity index (χ4v) is 2.74. The molecule has 0 bridgehead atoms. The van der Waals surface area contributed by atoms with Gasteiger partial charge in [-0.2, -0.15) is 0 Å². The van der Waals surface area contributed by atoms with Crippen LogP contribution in [-0.2, 0) is 0 Å². The number of halogens is 3. The quantitative estimate of drug-likeness (QED) is 0.811. The molecule has 0 aliphatic carbocycles. The Morgan fingerprint density at radius 2 is 1.78 bits per heavy atom. The number of nitrogens with two attached hydrogens (primary N) is 1. The largest absolute Gasteiger partial charge is 0.320 e. The summed E-state index contributed by atoms with van der Waals surface area (Å²) in [5.41, 5.74) is 8.95. The molecule has 0 spiro atoms. The summed E-state index contributed by atoms with van der Waals surface area (Å²) >= 11 is 6.90. The average Bonchev–Trinajstić information content (AvgIpc) is 2.34. The van der Waals surface area contributed by atoms with Gasteiger partial charge in [0.15, 0.2) is 0 Å². The number of rotatable bonds is 2. The van der Waals surface area contributed by atoms with E-state index in [2.05, 4.69) is 31.9 Å². The van der Waals surface area contributed by atoms with Crippen molar-refractivity contribution in [1.82, 2.24) is 0 Å². The fourth-order valence-electron chi connectivity index (χ4n) is 1.87. The molecular formula is C14H12Br2FN. The Hall–Kier alpha value is -0.710. The van der Waals surface area contributed by atoms with Gasteiger partial charge in [0.1, 0.15) is 5.82 Å². The number of hydrogen-bond acceptors (Lipinski definition) is 1. The molecule has 2 aromatic carbocycles. The van der Waals surface area contributed by atoms with Crippen LogP contribution in [0.3, 0.4) is 0 Å². The van der Waals surface area contributed by atoms with E-state index in [1.54, 1.807) is 6.07 Å². The van der Waals surface area contributed by atoms with Gasteiger partial charge in [-0.25, -0.2) is 4.39 Å². The van der Waals surface area contributed by atoms with Gasteiger partial charge in [0.05, 0.1) is 6.04 Å². The van der Waals surface area contributed by atoms with Gasteiger partial charge >= 0.3 is 0 Å². The van der Waals surface area contributed by atoms with E-state index in [4.69, 9.17) is 5.73 Å². The monoisotopic (exact) mass is 371 g/mol. The maximum Gasteiger partial charge on any atom is 0.123 e. The van der Waals surface area contributed by atoms with E-state index >= 15 is 0 Å². The molecular weight excluding hydrogens is 361 g/mol. The van der Waals surface area contributed by atoms with Gasteiger partial charge in [-0.05, 0) is 53.9 Å². The van der Waals surface area contributed by atoms with Crippen LogP contribution >= 0.6 is 31.9 Å². The molecule has 0 saturated carbocycles. The van der Waals surface area contributed by atoms with E-state index in [0.29, 0.717) is 0 Å². The van der Waals surface area contributed by atoms with Crippen molar-refractivity contribution in [3.8, 4) is 0 Å². The van der Waals surface area contributed by atoms with Crippen LogP contribution in [0.5, 0.6) is 0 Å². The van der Waals surface area contributed by atoms with Gasteiger partial charge in [0, 0.05) is 8.95 Å². The summed E-state index contributed by atoms with van der Waals surface area (Å²) in [7, 11) is 0. The van der Waals surface area contributed by atoms with Crippen molar-refractivity contribution >= 4 is 31.9 Å². The Labute approximate surface area is 122 Å². The third-order valence-electron chi connectivity index (χ3n) is 2.87. The first-order chi connectivity index (χ1) is 8.49. The molecule has 2 N–H and O–H groups in total. The maximum absolute atomic E-state index is 13.3. The summed E-state index contributed by atoms with van der Waals surface area (Å²) in [6.07, 6.45) is 0. The molecule has 1 unspecified atom stereocenters. The molecule has 1 nitrogen and oxygen atoms in total. The normalized spacial score (nSPS) is 12.5. The number of hydrogen-bond donors (Lipinski definition) is 1. The van der Waals surface area contributed by atoms with Crippen LogP contribution < -0.4 is 5.73 Å². The maximum atomic E-state index is 13.3. The summed E-state index contributed by atoms with van der Waals surface area (Å²) < 4.78 is 15.2. The SMILES string of the molecule is Cc1ccc(F)cc1C(N)c1cc(Br)ccc1Br. The predicted molar refractivity (Wildman–Crippen MR) is 79.0 cm³/mol. The first kappa shape index (κ1) is 13.7. The lowest BCUT2D eigenvalue weighted by molar-refractivity contribution is 0.622. The lowest BCUT2D eigenvalue weighted by Gasteiger charge is -2.17.